The molecule has 0 amide bonds. The summed E-state index contributed by atoms with van der Waals surface area (Å²) < 4.78 is 15.5. The van der Waals surface area contributed by atoms with Crippen molar-refractivity contribution in [2.45, 2.75) is 6.92 Å². The molecule has 0 bridgehead atoms. The fourth-order valence-electron chi connectivity index (χ4n) is 2.40. The first-order valence-corrected chi connectivity index (χ1v) is 7.11. The van der Waals surface area contributed by atoms with E-state index in [4.69, 9.17) is 13.9 Å². The molecule has 6 heteroatoms. The Morgan fingerprint density at radius 1 is 1.12 bits per heavy atom. The van der Waals surface area contributed by atoms with E-state index in [1.807, 2.05) is 0 Å². The van der Waals surface area contributed by atoms with Crippen molar-refractivity contribution in [1.29, 1.82) is 0 Å². The Bertz CT molecular complexity index is 969. The molecule has 6 nitrogen and oxygen atoms in total. The molecule has 3 aromatic rings. The average Bonchev–Trinajstić information content (AvgIpc) is 2.54. The molecule has 0 aliphatic rings. The zero-order valence-electron chi connectivity index (χ0n) is 13.0. The van der Waals surface area contributed by atoms with Crippen LogP contribution in [0.1, 0.15) is 6.92 Å². The molecule has 0 fully saturated rings. The lowest BCUT2D eigenvalue weighted by Gasteiger charge is -2.07. The van der Waals surface area contributed by atoms with Crippen molar-refractivity contribution in [1.82, 2.24) is 0 Å². The lowest BCUT2D eigenvalue weighted by atomic mass is 10.0. The fraction of sp³-hybridized carbons (Fsp3) is 0.111. The van der Waals surface area contributed by atoms with Crippen molar-refractivity contribution >= 4 is 16.9 Å². The Balaban J connectivity index is 2.15. The van der Waals surface area contributed by atoms with Crippen LogP contribution in [0.2, 0.25) is 0 Å². The summed E-state index contributed by atoms with van der Waals surface area (Å²) in [4.78, 5) is 23.7. The SMILES string of the molecule is COc1ccc(-c2coc3cc(OC(C)=O)cc(O)c3c2=O)cc1. The summed E-state index contributed by atoms with van der Waals surface area (Å²) in [5.41, 5.74) is 0.692. The van der Waals surface area contributed by atoms with Crippen LogP contribution in [-0.4, -0.2) is 18.2 Å². The summed E-state index contributed by atoms with van der Waals surface area (Å²) in [7, 11) is 1.55. The van der Waals surface area contributed by atoms with Crippen LogP contribution in [-0.2, 0) is 4.79 Å². The minimum absolute atomic E-state index is 0.0271. The van der Waals surface area contributed by atoms with Crippen LogP contribution >= 0.6 is 0 Å². The molecule has 0 unspecified atom stereocenters. The van der Waals surface area contributed by atoms with Gasteiger partial charge in [0.25, 0.3) is 0 Å². The number of benzene rings is 2. The Morgan fingerprint density at radius 2 is 1.83 bits per heavy atom. The van der Waals surface area contributed by atoms with E-state index in [0.717, 1.165) is 0 Å². The lowest BCUT2D eigenvalue weighted by molar-refractivity contribution is -0.131. The zero-order chi connectivity index (χ0) is 17.3. The second-order valence-electron chi connectivity index (χ2n) is 5.12. The minimum Gasteiger partial charge on any atom is -0.507 e. The average molecular weight is 326 g/mol. The summed E-state index contributed by atoms with van der Waals surface area (Å²) in [6.45, 7) is 1.24. The number of rotatable bonds is 3. The summed E-state index contributed by atoms with van der Waals surface area (Å²) in [6.07, 6.45) is 1.31. The summed E-state index contributed by atoms with van der Waals surface area (Å²) in [5.74, 6) is -0.0792. The first-order valence-electron chi connectivity index (χ1n) is 7.11. The smallest absolute Gasteiger partial charge is 0.308 e. The van der Waals surface area contributed by atoms with Gasteiger partial charge in [-0.15, -0.1) is 0 Å². The van der Waals surface area contributed by atoms with E-state index < -0.39 is 5.97 Å². The van der Waals surface area contributed by atoms with Crippen molar-refractivity contribution in [2.75, 3.05) is 7.11 Å². The highest BCUT2D eigenvalue weighted by atomic mass is 16.5. The van der Waals surface area contributed by atoms with E-state index in [9.17, 15) is 14.7 Å². The molecule has 3 rings (SSSR count). The molecule has 0 saturated carbocycles. The number of methoxy groups -OCH3 is 1. The van der Waals surface area contributed by atoms with Crippen LogP contribution < -0.4 is 14.9 Å². The molecule has 0 saturated heterocycles. The van der Waals surface area contributed by atoms with Gasteiger partial charge in [0.05, 0.1) is 12.7 Å². The Morgan fingerprint density at radius 3 is 2.46 bits per heavy atom. The van der Waals surface area contributed by atoms with E-state index in [1.54, 1.807) is 31.4 Å². The second-order valence-corrected chi connectivity index (χ2v) is 5.12. The molecule has 0 aliphatic heterocycles. The van der Waals surface area contributed by atoms with Crippen molar-refractivity contribution in [3.05, 3.63) is 52.9 Å². The van der Waals surface area contributed by atoms with Crippen LogP contribution in [0, 0.1) is 0 Å². The van der Waals surface area contributed by atoms with Gasteiger partial charge in [0.15, 0.2) is 0 Å². The number of hydrogen-bond donors (Lipinski definition) is 1. The molecule has 0 aliphatic carbocycles. The zero-order valence-corrected chi connectivity index (χ0v) is 13.0. The van der Waals surface area contributed by atoms with Crippen LogP contribution in [0.4, 0.5) is 0 Å². The first-order chi connectivity index (χ1) is 11.5. The van der Waals surface area contributed by atoms with Gasteiger partial charge in [0, 0.05) is 19.1 Å². The number of carbonyl (C=O) groups excluding carboxylic acids is 1. The van der Waals surface area contributed by atoms with Gasteiger partial charge in [-0.1, -0.05) is 12.1 Å². The van der Waals surface area contributed by atoms with Crippen molar-refractivity contribution in [3.8, 4) is 28.4 Å². The van der Waals surface area contributed by atoms with E-state index >= 15 is 0 Å². The summed E-state index contributed by atoms with van der Waals surface area (Å²) in [5, 5.41) is 10.2. The first kappa shape index (κ1) is 15.6. The minimum atomic E-state index is -0.536. The number of phenols is 1. The van der Waals surface area contributed by atoms with Gasteiger partial charge in [0.1, 0.15) is 34.5 Å². The molecular weight excluding hydrogens is 312 g/mol. The lowest BCUT2D eigenvalue weighted by Crippen LogP contribution is -2.06. The second kappa shape index (κ2) is 6.08. The molecule has 1 aromatic heterocycles. The molecule has 0 atom stereocenters. The third-order valence-corrected chi connectivity index (χ3v) is 3.49. The molecular formula is C18H14O6. The molecule has 122 valence electrons. The topological polar surface area (TPSA) is 86.0 Å². The van der Waals surface area contributed by atoms with E-state index in [2.05, 4.69) is 0 Å². The van der Waals surface area contributed by atoms with Crippen LogP contribution in [0.5, 0.6) is 17.2 Å². The number of esters is 1. The van der Waals surface area contributed by atoms with Gasteiger partial charge >= 0.3 is 5.97 Å². The van der Waals surface area contributed by atoms with Gasteiger partial charge in [-0.25, -0.2) is 0 Å². The number of phenolic OH excluding ortho intramolecular Hbond substituents is 1. The number of carbonyl (C=O) groups is 1. The summed E-state index contributed by atoms with van der Waals surface area (Å²) >= 11 is 0. The van der Waals surface area contributed by atoms with Crippen LogP contribution in [0.25, 0.3) is 22.1 Å². The van der Waals surface area contributed by atoms with Gasteiger partial charge in [0.2, 0.25) is 5.43 Å². The molecule has 2 aromatic carbocycles. The molecule has 0 spiro atoms. The maximum Gasteiger partial charge on any atom is 0.308 e. The molecule has 24 heavy (non-hydrogen) atoms. The monoisotopic (exact) mass is 326 g/mol. The van der Waals surface area contributed by atoms with Crippen LogP contribution in [0.3, 0.4) is 0 Å². The normalized spacial score (nSPS) is 10.6. The largest absolute Gasteiger partial charge is 0.507 e. The molecule has 0 radical (unpaired) electrons. The van der Waals surface area contributed by atoms with Gasteiger partial charge in [-0.2, -0.15) is 0 Å². The van der Waals surface area contributed by atoms with Gasteiger partial charge in [-0.05, 0) is 17.7 Å². The van der Waals surface area contributed by atoms with Crippen molar-refractivity contribution in [3.63, 3.8) is 0 Å². The number of ether oxygens (including phenoxy) is 2. The predicted octanol–water partition coefficient (Wildman–Crippen LogP) is 3.10. The van der Waals surface area contributed by atoms with Gasteiger partial charge < -0.3 is 19.0 Å². The molecule has 1 heterocycles. The Kier molecular flexibility index (Phi) is 3.95. The molecule has 1 N–H and O–H groups in total. The number of hydrogen-bond acceptors (Lipinski definition) is 6. The maximum atomic E-state index is 12.7. The van der Waals surface area contributed by atoms with E-state index in [0.29, 0.717) is 16.9 Å². The highest BCUT2D eigenvalue weighted by Crippen LogP contribution is 2.30. The number of fused-ring (bicyclic) bond motifs is 1. The Hall–Kier alpha value is -3.28. The van der Waals surface area contributed by atoms with Crippen LogP contribution in [0.15, 0.2) is 51.9 Å². The van der Waals surface area contributed by atoms with E-state index in [1.165, 1.54) is 25.3 Å². The fourth-order valence-corrected chi connectivity index (χ4v) is 2.40. The van der Waals surface area contributed by atoms with Crippen molar-refractivity contribution < 1.29 is 23.8 Å². The standard InChI is InChI=1S/C18H14O6/c1-10(19)24-13-7-15(20)17-16(8-13)23-9-14(18(17)21)11-3-5-12(22-2)6-4-11/h3-9,20H,1-2H3. The van der Waals surface area contributed by atoms with Gasteiger partial charge in [-0.3, -0.25) is 9.59 Å². The third-order valence-electron chi connectivity index (χ3n) is 3.49. The summed E-state index contributed by atoms with van der Waals surface area (Å²) in [6, 6.07) is 9.49. The third kappa shape index (κ3) is 2.81. The number of aromatic hydroxyl groups is 1. The maximum absolute atomic E-state index is 12.7. The van der Waals surface area contributed by atoms with Crippen molar-refractivity contribution in [2.24, 2.45) is 0 Å². The Labute approximate surface area is 136 Å². The predicted molar refractivity (Wildman–Crippen MR) is 87.4 cm³/mol. The van der Waals surface area contributed by atoms with E-state index in [-0.39, 0.29) is 27.9 Å². The highest BCUT2D eigenvalue weighted by molar-refractivity contribution is 5.88. The quantitative estimate of drug-likeness (QED) is 0.588. The highest BCUT2D eigenvalue weighted by Gasteiger charge is 2.15.